The SMILES string of the molecule is CC(=O)N1CC(=S)C[C@H]1C(=O)O.CC(C)(C)Oc1ccc(C[C@H](N)C(=O)O)cc1. The van der Waals surface area contributed by atoms with Crippen molar-refractivity contribution in [2.45, 2.75) is 58.2 Å². The maximum absolute atomic E-state index is 10.9. The maximum atomic E-state index is 10.9. The van der Waals surface area contributed by atoms with Gasteiger partial charge in [-0.15, -0.1) is 0 Å². The van der Waals surface area contributed by atoms with E-state index >= 15 is 0 Å². The highest BCUT2D eigenvalue weighted by Gasteiger charge is 2.34. The Morgan fingerprint density at radius 1 is 1.24 bits per heavy atom. The van der Waals surface area contributed by atoms with Crippen LogP contribution in [0.4, 0.5) is 0 Å². The summed E-state index contributed by atoms with van der Waals surface area (Å²) in [7, 11) is 0. The van der Waals surface area contributed by atoms with Crippen LogP contribution in [0.25, 0.3) is 0 Å². The molecule has 0 saturated carbocycles. The molecule has 1 aromatic carbocycles. The molecule has 1 aliphatic heterocycles. The molecule has 1 aliphatic rings. The Morgan fingerprint density at radius 2 is 1.79 bits per heavy atom. The van der Waals surface area contributed by atoms with Gasteiger partial charge in [0.25, 0.3) is 0 Å². The number of carboxylic acids is 2. The van der Waals surface area contributed by atoms with Crippen LogP contribution in [0, 0.1) is 0 Å². The van der Waals surface area contributed by atoms with E-state index in [9.17, 15) is 14.4 Å². The first-order valence-electron chi connectivity index (χ1n) is 9.08. The Bertz CT molecular complexity index is 733. The van der Waals surface area contributed by atoms with Crippen LogP contribution >= 0.6 is 12.2 Å². The minimum Gasteiger partial charge on any atom is -0.488 e. The van der Waals surface area contributed by atoms with Gasteiger partial charge in [0.05, 0.1) is 6.54 Å². The van der Waals surface area contributed by atoms with Crippen molar-refractivity contribution in [2.75, 3.05) is 6.54 Å². The van der Waals surface area contributed by atoms with Gasteiger partial charge in [0.1, 0.15) is 23.4 Å². The predicted molar refractivity (Wildman–Crippen MR) is 112 cm³/mol. The van der Waals surface area contributed by atoms with Crippen molar-refractivity contribution in [1.29, 1.82) is 0 Å². The number of hydrogen-bond donors (Lipinski definition) is 3. The molecule has 0 radical (unpaired) electrons. The summed E-state index contributed by atoms with van der Waals surface area (Å²) in [6.07, 6.45) is 0.634. The fraction of sp³-hybridized carbons (Fsp3) is 0.500. The number of likely N-dealkylation sites (tertiary alicyclic amines) is 1. The fourth-order valence-corrected chi connectivity index (χ4v) is 2.93. The van der Waals surface area contributed by atoms with Crippen molar-refractivity contribution in [3.63, 3.8) is 0 Å². The number of thiocarbonyl (C=S) groups is 1. The average Bonchev–Trinajstić information content (AvgIpc) is 2.98. The zero-order valence-corrected chi connectivity index (χ0v) is 17.9. The highest BCUT2D eigenvalue weighted by Crippen LogP contribution is 2.19. The van der Waals surface area contributed by atoms with Crippen LogP contribution in [0.5, 0.6) is 5.75 Å². The Balaban J connectivity index is 0.000000308. The summed E-state index contributed by atoms with van der Waals surface area (Å²) < 4.78 is 5.66. The second-order valence-corrected chi connectivity index (χ2v) is 8.33. The van der Waals surface area contributed by atoms with Gasteiger partial charge >= 0.3 is 11.9 Å². The number of ether oxygens (including phenoxy) is 1. The highest BCUT2D eigenvalue weighted by molar-refractivity contribution is 7.80. The van der Waals surface area contributed by atoms with Crippen molar-refractivity contribution in [2.24, 2.45) is 5.73 Å². The third-order valence-electron chi connectivity index (χ3n) is 3.95. The third kappa shape index (κ3) is 8.57. The standard InChI is InChI=1S/C13H19NO3.C7H9NO3S/c1-13(2,3)17-10-6-4-9(5-7-10)8-11(14)12(15)16;1-4(9)8-3-5(12)2-6(8)7(10)11/h4-7,11H,8,14H2,1-3H3,(H,15,16);6H,2-3H2,1H3,(H,10,11)/t11-;6-/m00/s1. The lowest BCUT2D eigenvalue weighted by molar-refractivity contribution is -0.147. The zero-order valence-electron chi connectivity index (χ0n) is 17.0. The van der Waals surface area contributed by atoms with E-state index in [1.54, 1.807) is 0 Å². The normalized spacial score (nSPS) is 17.2. The number of hydrogen-bond acceptors (Lipinski definition) is 6. The van der Waals surface area contributed by atoms with Crippen LogP contribution in [-0.4, -0.2) is 62.1 Å². The first-order valence-corrected chi connectivity index (χ1v) is 9.49. The quantitative estimate of drug-likeness (QED) is 0.611. The van der Waals surface area contributed by atoms with Crippen LogP contribution in [0.1, 0.15) is 39.7 Å². The molecule has 9 heteroatoms. The van der Waals surface area contributed by atoms with Gasteiger partial charge in [-0.2, -0.15) is 0 Å². The Labute approximate surface area is 175 Å². The smallest absolute Gasteiger partial charge is 0.326 e. The van der Waals surface area contributed by atoms with Gasteiger partial charge in [0.2, 0.25) is 5.91 Å². The second-order valence-electron chi connectivity index (χ2n) is 7.75. The number of rotatable bonds is 5. The highest BCUT2D eigenvalue weighted by atomic mass is 32.1. The summed E-state index contributed by atoms with van der Waals surface area (Å²) >= 11 is 4.85. The van der Waals surface area contributed by atoms with E-state index in [1.807, 2.05) is 45.0 Å². The summed E-state index contributed by atoms with van der Waals surface area (Å²) in [4.78, 5) is 34.0. The molecular formula is C20H28N2O6S. The molecule has 160 valence electrons. The lowest BCUT2D eigenvalue weighted by Crippen LogP contribution is -2.39. The molecule has 29 heavy (non-hydrogen) atoms. The molecule has 1 amide bonds. The summed E-state index contributed by atoms with van der Waals surface area (Å²) in [5, 5.41) is 17.4. The number of carbonyl (C=O) groups is 3. The van der Waals surface area contributed by atoms with Crippen molar-refractivity contribution in [3.8, 4) is 5.75 Å². The van der Waals surface area contributed by atoms with E-state index in [1.165, 1.54) is 11.8 Å². The van der Waals surface area contributed by atoms with E-state index in [-0.39, 0.29) is 11.5 Å². The summed E-state index contributed by atoms with van der Waals surface area (Å²) in [6.45, 7) is 7.58. The molecule has 0 aliphatic carbocycles. The van der Waals surface area contributed by atoms with Gasteiger partial charge in [0.15, 0.2) is 0 Å². The summed E-state index contributed by atoms with van der Waals surface area (Å²) in [5.41, 5.74) is 6.11. The van der Waals surface area contributed by atoms with Crippen molar-refractivity contribution >= 4 is 34.9 Å². The second kappa shape index (κ2) is 10.3. The largest absolute Gasteiger partial charge is 0.488 e. The summed E-state index contributed by atoms with van der Waals surface area (Å²) in [6, 6.07) is 5.73. The first kappa shape index (κ1) is 24.5. The van der Waals surface area contributed by atoms with Crippen LogP contribution in [-0.2, 0) is 20.8 Å². The topological polar surface area (TPSA) is 130 Å². The molecule has 0 spiro atoms. The van der Waals surface area contributed by atoms with E-state index in [0.29, 0.717) is 24.3 Å². The van der Waals surface area contributed by atoms with Gasteiger partial charge in [-0.05, 0) is 44.9 Å². The Morgan fingerprint density at radius 3 is 2.17 bits per heavy atom. The average molecular weight is 425 g/mol. The number of nitrogens with two attached hydrogens (primary N) is 1. The Hall–Kier alpha value is -2.52. The molecule has 0 unspecified atom stereocenters. The molecule has 1 heterocycles. The number of amides is 1. The van der Waals surface area contributed by atoms with E-state index < -0.39 is 24.0 Å². The van der Waals surface area contributed by atoms with Gasteiger partial charge in [-0.3, -0.25) is 9.59 Å². The van der Waals surface area contributed by atoms with Crippen LogP contribution in [0.2, 0.25) is 0 Å². The predicted octanol–water partition coefficient (Wildman–Crippen LogP) is 1.88. The monoisotopic (exact) mass is 424 g/mol. The summed E-state index contributed by atoms with van der Waals surface area (Å²) in [5.74, 6) is -1.43. The minimum atomic E-state index is -0.986. The molecule has 1 aromatic rings. The molecule has 0 bridgehead atoms. The lowest BCUT2D eigenvalue weighted by atomic mass is 10.1. The van der Waals surface area contributed by atoms with E-state index in [4.69, 9.17) is 32.9 Å². The number of carbonyl (C=O) groups excluding carboxylic acids is 1. The molecular weight excluding hydrogens is 396 g/mol. The fourth-order valence-electron chi connectivity index (χ4n) is 2.63. The van der Waals surface area contributed by atoms with E-state index in [0.717, 1.165) is 11.3 Å². The first-order chi connectivity index (χ1) is 13.3. The van der Waals surface area contributed by atoms with Crippen LogP contribution < -0.4 is 10.5 Å². The van der Waals surface area contributed by atoms with Gasteiger partial charge < -0.3 is 25.6 Å². The molecule has 1 saturated heterocycles. The number of carboxylic acid groups (broad SMARTS) is 2. The third-order valence-corrected chi connectivity index (χ3v) is 4.25. The molecule has 2 atom stereocenters. The zero-order chi connectivity index (χ0) is 22.4. The van der Waals surface area contributed by atoms with Crippen molar-refractivity contribution < 1.29 is 29.3 Å². The maximum Gasteiger partial charge on any atom is 0.326 e. The van der Waals surface area contributed by atoms with Gasteiger partial charge in [-0.1, -0.05) is 24.4 Å². The van der Waals surface area contributed by atoms with Crippen LogP contribution in [0.3, 0.4) is 0 Å². The molecule has 1 fully saturated rings. The van der Waals surface area contributed by atoms with Crippen LogP contribution in [0.15, 0.2) is 24.3 Å². The van der Waals surface area contributed by atoms with Crippen molar-refractivity contribution in [1.82, 2.24) is 4.90 Å². The Kier molecular flexibility index (Phi) is 8.72. The number of benzene rings is 1. The van der Waals surface area contributed by atoms with Gasteiger partial charge in [0, 0.05) is 18.2 Å². The molecule has 4 N–H and O–H groups in total. The lowest BCUT2D eigenvalue weighted by Gasteiger charge is -2.21. The van der Waals surface area contributed by atoms with Crippen molar-refractivity contribution in [3.05, 3.63) is 29.8 Å². The minimum absolute atomic E-state index is 0.234. The van der Waals surface area contributed by atoms with E-state index in [2.05, 4.69) is 0 Å². The molecule has 8 nitrogen and oxygen atoms in total. The number of nitrogens with zero attached hydrogens (tertiary/aromatic N) is 1. The van der Waals surface area contributed by atoms with Gasteiger partial charge in [-0.25, -0.2) is 4.79 Å². The number of aliphatic carboxylic acids is 2. The molecule has 2 rings (SSSR count). The molecule has 0 aromatic heterocycles.